The molecule has 6 heteroatoms. The normalized spacial score (nSPS) is 17.1. The average Bonchev–Trinajstić information content (AvgIpc) is 3.09. The van der Waals surface area contributed by atoms with E-state index in [2.05, 4.69) is 9.97 Å². The van der Waals surface area contributed by atoms with Gasteiger partial charge in [0.25, 0.3) is 5.91 Å². The molecule has 1 saturated heterocycles. The Morgan fingerprint density at radius 3 is 2.75 bits per heavy atom. The molecule has 3 rings (SSSR count). The van der Waals surface area contributed by atoms with Crippen LogP contribution >= 0.6 is 0 Å². The molecule has 24 heavy (non-hydrogen) atoms. The first-order chi connectivity index (χ1) is 11.7. The Kier molecular flexibility index (Phi) is 4.76. The Morgan fingerprint density at radius 2 is 2.08 bits per heavy atom. The van der Waals surface area contributed by atoms with Crippen molar-refractivity contribution in [1.82, 2.24) is 14.9 Å². The lowest BCUT2D eigenvalue weighted by Crippen LogP contribution is -2.37. The van der Waals surface area contributed by atoms with E-state index in [1.807, 2.05) is 19.1 Å². The SMILES string of the molecule is COc1ncnc(C)c1-c1ccc(C(=O)N2CCC[C@H]2CO)cc1. The van der Waals surface area contributed by atoms with Gasteiger partial charge in [-0.2, -0.15) is 0 Å². The summed E-state index contributed by atoms with van der Waals surface area (Å²) >= 11 is 0. The van der Waals surface area contributed by atoms with E-state index in [1.165, 1.54) is 6.33 Å². The number of methoxy groups -OCH3 is 1. The fourth-order valence-corrected chi connectivity index (χ4v) is 3.18. The van der Waals surface area contributed by atoms with Gasteiger partial charge in [0.2, 0.25) is 5.88 Å². The fourth-order valence-electron chi connectivity index (χ4n) is 3.18. The highest BCUT2D eigenvalue weighted by atomic mass is 16.5. The van der Waals surface area contributed by atoms with Gasteiger partial charge in [0.05, 0.1) is 31.0 Å². The minimum absolute atomic E-state index is 0.0154. The van der Waals surface area contributed by atoms with Crippen molar-refractivity contribution in [3.8, 4) is 17.0 Å². The molecule has 2 heterocycles. The van der Waals surface area contributed by atoms with Crippen LogP contribution in [-0.4, -0.2) is 52.2 Å². The zero-order chi connectivity index (χ0) is 17.1. The number of aliphatic hydroxyl groups is 1. The zero-order valence-electron chi connectivity index (χ0n) is 13.9. The second-order valence-corrected chi connectivity index (χ2v) is 5.90. The molecule has 2 aromatic rings. The van der Waals surface area contributed by atoms with Crippen molar-refractivity contribution in [3.63, 3.8) is 0 Å². The zero-order valence-corrected chi connectivity index (χ0v) is 13.9. The van der Waals surface area contributed by atoms with Crippen LogP contribution in [0.4, 0.5) is 0 Å². The summed E-state index contributed by atoms with van der Waals surface area (Å²) in [6.07, 6.45) is 3.27. The van der Waals surface area contributed by atoms with Crippen LogP contribution in [0.5, 0.6) is 5.88 Å². The molecule has 0 bridgehead atoms. The number of hydrogen-bond acceptors (Lipinski definition) is 5. The average molecular weight is 327 g/mol. The summed E-state index contributed by atoms with van der Waals surface area (Å²) in [6.45, 7) is 2.61. The molecular formula is C18H21N3O3. The largest absolute Gasteiger partial charge is 0.480 e. The van der Waals surface area contributed by atoms with E-state index in [-0.39, 0.29) is 18.6 Å². The van der Waals surface area contributed by atoms with Crippen molar-refractivity contribution >= 4 is 5.91 Å². The first-order valence-corrected chi connectivity index (χ1v) is 8.03. The summed E-state index contributed by atoms with van der Waals surface area (Å²) in [4.78, 5) is 22.7. The molecule has 1 atom stereocenters. The molecule has 1 fully saturated rings. The lowest BCUT2D eigenvalue weighted by Gasteiger charge is -2.23. The summed E-state index contributed by atoms with van der Waals surface area (Å²) in [5, 5.41) is 9.39. The minimum Gasteiger partial charge on any atom is -0.480 e. The van der Waals surface area contributed by atoms with Crippen LogP contribution in [-0.2, 0) is 0 Å². The molecule has 6 nitrogen and oxygen atoms in total. The van der Waals surface area contributed by atoms with E-state index in [0.29, 0.717) is 18.0 Å². The highest BCUT2D eigenvalue weighted by molar-refractivity contribution is 5.95. The van der Waals surface area contributed by atoms with Gasteiger partial charge in [-0.05, 0) is 37.5 Å². The van der Waals surface area contributed by atoms with E-state index in [9.17, 15) is 9.90 Å². The van der Waals surface area contributed by atoms with Gasteiger partial charge in [0, 0.05) is 12.1 Å². The summed E-state index contributed by atoms with van der Waals surface area (Å²) in [6, 6.07) is 7.30. The predicted molar refractivity (Wildman–Crippen MR) is 89.9 cm³/mol. The van der Waals surface area contributed by atoms with Crippen LogP contribution in [0.1, 0.15) is 28.9 Å². The topological polar surface area (TPSA) is 75.6 Å². The van der Waals surface area contributed by atoms with E-state index in [0.717, 1.165) is 29.7 Å². The number of ether oxygens (including phenoxy) is 1. The second-order valence-electron chi connectivity index (χ2n) is 5.90. The first kappa shape index (κ1) is 16.4. The van der Waals surface area contributed by atoms with Crippen LogP contribution < -0.4 is 4.74 Å². The number of rotatable bonds is 4. The molecule has 1 aliphatic heterocycles. The third-order valence-electron chi connectivity index (χ3n) is 4.46. The van der Waals surface area contributed by atoms with E-state index in [4.69, 9.17) is 4.74 Å². The van der Waals surface area contributed by atoms with Crippen LogP contribution in [0.3, 0.4) is 0 Å². The molecular weight excluding hydrogens is 306 g/mol. The number of amides is 1. The maximum absolute atomic E-state index is 12.6. The Balaban J connectivity index is 1.88. The summed E-state index contributed by atoms with van der Waals surface area (Å²) < 4.78 is 5.31. The van der Waals surface area contributed by atoms with Crippen molar-refractivity contribution in [2.45, 2.75) is 25.8 Å². The second kappa shape index (κ2) is 6.97. The number of aliphatic hydroxyl groups excluding tert-OH is 1. The molecule has 126 valence electrons. The number of nitrogens with zero attached hydrogens (tertiary/aromatic N) is 3. The van der Waals surface area contributed by atoms with Crippen molar-refractivity contribution in [2.24, 2.45) is 0 Å². The highest BCUT2D eigenvalue weighted by Crippen LogP contribution is 2.30. The van der Waals surface area contributed by atoms with Gasteiger partial charge in [0.1, 0.15) is 6.33 Å². The lowest BCUT2D eigenvalue weighted by molar-refractivity contribution is 0.0677. The third kappa shape index (κ3) is 2.97. The van der Waals surface area contributed by atoms with Crippen LogP contribution in [0.25, 0.3) is 11.1 Å². The van der Waals surface area contributed by atoms with Gasteiger partial charge in [-0.1, -0.05) is 12.1 Å². The van der Waals surface area contributed by atoms with Crippen molar-refractivity contribution in [1.29, 1.82) is 0 Å². The molecule has 0 unspecified atom stereocenters. The smallest absolute Gasteiger partial charge is 0.254 e. The monoisotopic (exact) mass is 327 g/mol. The van der Waals surface area contributed by atoms with Crippen molar-refractivity contribution in [2.75, 3.05) is 20.3 Å². The molecule has 1 aliphatic rings. The minimum atomic E-state index is -0.0676. The molecule has 1 aromatic heterocycles. The van der Waals surface area contributed by atoms with E-state index < -0.39 is 0 Å². The van der Waals surface area contributed by atoms with Gasteiger partial charge in [-0.3, -0.25) is 4.79 Å². The quantitative estimate of drug-likeness (QED) is 0.930. The van der Waals surface area contributed by atoms with Gasteiger partial charge < -0.3 is 14.7 Å². The van der Waals surface area contributed by atoms with Crippen molar-refractivity contribution < 1.29 is 14.6 Å². The number of aryl methyl sites for hydroxylation is 1. The van der Waals surface area contributed by atoms with Gasteiger partial charge in [-0.15, -0.1) is 0 Å². The fraction of sp³-hybridized carbons (Fsp3) is 0.389. The predicted octanol–water partition coefficient (Wildman–Crippen LogP) is 2.06. The number of carbonyl (C=O) groups excluding carboxylic acids is 1. The van der Waals surface area contributed by atoms with E-state index in [1.54, 1.807) is 24.1 Å². The maximum atomic E-state index is 12.6. The number of aromatic nitrogens is 2. The van der Waals surface area contributed by atoms with Gasteiger partial charge in [-0.25, -0.2) is 9.97 Å². The lowest BCUT2D eigenvalue weighted by atomic mass is 10.0. The Hall–Kier alpha value is -2.47. The maximum Gasteiger partial charge on any atom is 0.254 e. The molecule has 0 saturated carbocycles. The van der Waals surface area contributed by atoms with Crippen LogP contribution in [0, 0.1) is 6.92 Å². The summed E-state index contributed by atoms with van der Waals surface area (Å²) in [5.41, 5.74) is 3.17. The highest BCUT2D eigenvalue weighted by Gasteiger charge is 2.28. The molecule has 0 spiro atoms. The Morgan fingerprint density at radius 1 is 1.33 bits per heavy atom. The molecule has 1 N–H and O–H groups in total. The third-order valence-corrected chi connectivity index (χ3v) is 4.46. The molecule has 1 amide bonds. The number of carbonyl (C=O) groups is 1. The molecule has 1 aromatic carbocycles. The number of likely N-dealkylation sites (tertiary alicyclic amines) is 1. The Labute approximate surface area is 141 Å². The standard InChI is InChI=1S/C18H21N3O3/c1-12-16(17(24-2)20-11-19-12)13-5-7-14(8-6-13)18(23)21-9-3-4-15(21)10-22/h5-8,11,15,22H,3-4,9-10H2,1-2H3/t15-/m0/s1. The number of hydrogen-bond donors (Lipinski definition) is 1. The first-order valence-electron chi connectivity index (χ1n) is 8.03. The Bertz CT molecular complexity index is 731. The van der Waals surface area contributed by atoms with Crippen LogP contribution in [0.15, 0.2) is 30.6 Å². The van der Waals surface area contributed by atoms with Crippen LogP contribution in [0.2, 0.25) is 0 Å². The summed E-state index contributed by atoms with van der Waals surface area (Å²) in [5.74, 6) is 0.479. The summed E-state index contributed by atoms with van der Waals surface area (Å²) in [7, 11) is 1.57. The van der Waals surface area contributed by atoms with Gasteiger partial charge >= 0.3 is 0 Å². The van der Waals surface area contributed by atoms with Gasteiger partial charge in [0.15, 0.2) is 0 Å². The van der Waals surface area contributed by atoms with E-state index >= 15 is 0 Å². The number of benzene rings is 1. The molecule has 0 aliphatic carbocycles. The van der Waals surface area contributed by atoms with Crippen molar-refractivity contribution in [3.05, 3.63) is 41.9 Å². The molecule has 0 radical (unpaired) electrons.